The van der Waals surface area contributed by atoms with Gasteiger partial charge in [0.05, 0.1) is 24.9 Å². The number of rotatable bonds is 11. The molecule has 6 atom stereocenters. The molecule has 2 amide bonds. The number of carboxylic acid groups (broad SMARTS) is 1. The molecule has 3 rings (SSSR count). The zero-order valence-electron chi connectivity index (χ0n) is 20.3. The third kappa shape index (κ3) is 7.10. The molecule has 2 aromatic carbocycles. The lowest BCUT2D eigenvalue weighted by Crippen LogP contribution is -2.68. The number of nitrogens with one attached hydrogen (secondary N) is 2. The number of amides is 2. The van der Waals surface area contributed by atoms with Gasteiger partial charge in [0, 0.05) is 24.1 Å². The fraction of sp³-hybridized carbons (Fsp3) is 0.400. The summed E-state index contributed by atoms with van der Waals surface area (Å²) in [5.41, 5.74) is -0.151. The quantitative estimate of drug-likeness (QED) is 0.223. The number of carbonyl (C=O) groups excluding carboxylic acids is 2. The summed E-state index contributed by atoms with van der Waals surface area (Å²) >= 11 is 0. The van der Waals surface area contributed by atoms with Gasteiger partial charge in [0.25, 0.3) is 17.6 Å². The van der Waals surface area contributed by atoms with Crippen molar-refractivity contribution in [1.29, 1.82) is 0 Å². The van der Waals surface area contributed by atoms with Gasteiger partial charge in [0.1, 0.15) is 12.2 Å². The number of carbonyl (C=O) groups is 3. The zero-order valence-corrected chi connectivity index (χ0v) is 20.3. The second kappa shape index (κ2) is 13.0. The number of aliphatic hydroxyl groups is 3. The molecular formula is C25H27F3N2O9. The van der Waals surface area contributed by atoms with Crippen molar-refractivity contribution in [1.82, 2.24) is 10.6 Å². The lowest BCUT2D eigenvalue weighted by Gasteiger charge is -2.46. The number of aliphatic hydroxyl groups excluding tert-OH is 3. The van der Waals surface area contributed by atoms with Crippen LogP contribution in [0.2, 0.25) is 0 Å². The average molecular weight is 556 g/mol. The van der Waals surface area contributed by atoms with Crippen molar-refractivity contribution in [3.8, 4) is 0 Å². The van der Waals surface area contributed by atoms with Crippen molar-refractivity contribution >= 4 is 17.8 Å². The first-order valence-corrected chi connectivity index (χ1v) is 11.7. The zero-order chi connectivity index (χ0) is 28.7. The van der Waals surface area contributed by atoms with E-state index < -0.39 is 91.9 Å². The summed E-state index contributed by atoms with van der Waals surface area (Å²) in [6.45, 7) is -2.95. The summed E-state index contributed by atoms with van der Waals surface area (Å²) in [7, 11) is 0. The molecule has 11 nitrogen and oxygen atoms in total. The Morgan fingerprint density at radius 3 is 2.44 bits per heavy atom. The van der Waals surface area contributed by atoms with Crippen molar-refractivity contribution in [2.45, 2.75) is 49.3 Å². The molecule has 0 aliphatic carbocycles. The molecule has 1 aliphatic rings. The highest BCUT2D eigenvalue weighted by Gasteiger charge is 2.56. The highest BCUT2D eigenvalue weighted by molar-refractivity contribution is 5.94. The minimum atomic E-state index is -2.77. The molecule has 1 fully saturated rings. The van der Waals surface area contributed by atoms with Crippen molar-refractivity contribution < 1.29 is 57.5 Å². The van der Waals surface area contributed by atoms with Gasteiger partial charge in [-0.1, -0.05) is 30.3 Å². The molecule has 39 heavy (non-hydrogen) atoms. The Morgan fingerprint density at radius 2 is 1.79 bits per heavy atom. The molecule has 0 spiro atoms. The van der Waals surface area contributed by atoms with E-state index in [-0.39, 0.29) is 11.1 Å². The molecule has 212 valence electrons. The summed E-state index contributed by atoms with van der Waals surface area (Å²) in [4.78, 5) is 36.2. The topological polar surface area (TPSA) is 175 Å². The number of aliphatic carboxylic acids is 1. The number of ether oxygens (including phenoxy) is 2. The van der Waals surface area contributed by atoms with Crippen LogP contribution in [0.1, 0.15) is 22.3 Å². The Kier molecular flexibility index (Phi) is 9.99. The van der Waals surface area contributed by atoms with E-state index in [1.54, 1.807) is 18.2 Å². The SMILES string of the molecule is O=C(CF)N[C@H]1[C@H]([C@H](O)[C@H](O)CNC(=O)c2ccccc2)O[C@@](OCc2cccc(F)c2F)(C(=O)O)C[C@@H]1O. The number of halogens is 3. The number of carboxylic acids is 1. The van der Waals surface area contributed by atoms with E-state index in [9.17, 15) is 48.0 Å². The van der Waals surface area contributed by atoms with Crippen LogP contribution >= 0.6 is 0 Å². The van der Waals surface area contributed by atoms with Crippen molar-refractivity contribution in [2.75, 3.05) is 13.2 Å². The van der Waals surface area contributed by atoms with Gasteiger partial charge in [0.2, 0.25) is 0 Å². The van der Waals surface area contributed by atoms with Gasteiger partial charge >= 0.3 is 5.97 Å². The van der Waals surface area contributed by atoms with Crippen molar-refractivity contribution in [3.63, 3.8) is 0 Å². The summed E-state index contributed by atoms with van der Waals surface area (Å²) < 4.78 is 51.3. The van der Waals surface area contributed by atoms with Crippen LogP contribution in [-0.2, 0) is 25.7 Å². The van der Waals surface area contributed by atoms with E-state index in [1.807, 2.05) is 0 Å². The Balaban J connectivity index is 1.83. The molecule has 0 unspecified atom stereocenters. The smallest absolute Gasteiger partial charge is 0.364 e. The van der Waals surface area contributed by atoms with Gasteiger partial charge in [-0.2, -0.15) is 0 Å². The van der Waals surface area contributed by atoms with Crippen LogP contribution in [0.5, 0.6) is 0 Å². The fourth-order valence-electron chi connectivity index (χ4n) is 4.02. The number of hydrogen-bond acceptors (Lipinski definition) is 8. The largest absolute Gasteiger partial charge is 0.477 e. The fourth-order valence-corrected chi connectivity index (χ4v) is 4.02. The van der Waals surface area contributed by atoms with Crippen LogP contribution in [0.25, 0.3) is 0 Å². The monoisotopic (exact) mass is 556 g/mol. The number of benzene rings is 2. The molecule has 0 aromatic heterocycles. The highest BCUT2D eigenvalue weighted by Crippen LogP contribution is 2.34. The van der Waals surface area contributed by atoms with Gasteiger partial charge in [-0.3, -0.25) is 9.59 Å². The minimum absolute atomic E-state index is 0.236. The Hall–Kier alpha value is -3.56. The molecule has 0 radical (unpaired) electrons. The van der Waals surface area contributed by atoms with Gasteiger partial charge in [0.15, 0.2) is 18.3 Å². The van der Waals surface area contributed by atoms with Crippen LogP contribution in [0, 0.1) is 11.6 Å². The number of alkyl halides is 1. The number of hydrogen-bond donors (Lipinski definition) is 6. The first kappa shape index (κ1) is 30.0. The Morgan fingerprint density at radius 1 is 1.10 bits per heavy atom. The van der Waals surface area contributed by atoms with E-state index in [4.69, 9.17) is 9.47 Å². The average Bonchev–Trinajstić information content (AvgIpc) is 2.93. The van der Waals surface area contributed by atoms with Gasteiger partial charge in [-0.25, -0.2) is 18.0 Å². The van der Waals surface area contributed by atoms with Gasteiger partial charge < -0.3 is 40.5 Å². The van der Waals surface area contributed by atoms with Crippen LogP contribution in [0.4, 0.5) is 13.2 Å². The van der Waals surface area contributed by atoms with Gasteiger partial charge in [-0.05, 0) is 18.2 Å². The summed E-state index contributed by atoms with van der Waals surface area (Å²) in [5, 5.41) is 46.4. The van der Waals surface area contributed by atoms with Crippen LogP contribution in [0.3, 0.4) is 0 Å². The molecule has 2 aromatic rings. The first-order chi connectivity index (χ1) is 18.5. The molecule has 6 N–H and O–H groups in total. The maximum Gasteiger partial charge on any atom is 0.364 e. The van der Waals surface area contributed by atoms with Crippen LogP contribution < -0.4 is 10.6 Å². The third-order valence-corrected chi connectivity index (χ3v) is 6.08. The second-order valence-corrected chi connectivity index (χ2v) is 8.77. The molecule has 1 saturated heterocycles. The van der Waals surface area contributed by atoms with E-state index >= 15 is 0 Å². The normalized spacial score (nSPS) is 24.4. The molecular weight excluding hydrogens is 529 g/mol. The van der Waals surface area contributed by atoms with Crippen LogP contribution in [-0.4, -0.2) is 87.7 Å². The highest BCUT2D eigenvalue weighted by atomic mass is 19.2. The Bertz CT molecular complexity index is 1170. The standard InChI is InChI=1S/C25H27F3N2O9/c26-10-18(33)30-20-16(31)9-25(24(36)37,38-12-14-7-4-8-15(27)19(14)28)39-22(20)21(34)17(32)11-29-23(35)13-5-2-1-3-6-13/h1-8,16-17,20-22,31-32,34H,9-12H2,(H,29,35)(H,30,33)(H,36,37)/t16-,17+,20+,21+,22+,25+/m0/s1. The minimum Gasteiger partial charge on any atom is -0.477 e. The van der Waals surface area contributed by atoms with Crippen LogP contribution in [0.15, 0.2) is 48.5 Å². The molecule has 0 saturated carbocycles. The Labute approximate surface area is 220 Å². The van der Waals surface area contributed by atoms with E-state index in [2.05, 4.69) is 10.6 Å². The maximum absolute atomic E-state index is 14.1. The van der Waals surface area contributed by atoms with Crippen molar-refractivity contribution in [3.05, 3.63) is 71.3 Å². The third-order valence-electron chi connectivity index (χ3n) is 6.08. The van der Waals surface area contributed by atoms with E-state index in [1.165, 1.54) is 12.1 Å². The predicted octanol–water partition coefficient (Wildman–Crippen LogP) is 0.0182. The summed E-state index contributed by atoms with van der Waals surface area (Å²) in [6, 6.07) is 9.29. The van der Waals surface area contributed by atoms with Crippen molar-refractivity contribution in [2.24, 2.45) is 0 Å². The molecule has 1 aliphatic heterocycles. The predicted molar refractivity (Wildman–Crippen MR) is 126 cm³/mol. The van der Waals surface area contributed by atoms with E-state index in [0.717, 1.165) is 18.2 Å². The lowest BCUT2D eigenvalue weighted by atomic mass is 9.88. The first-order valence-electron chi connectivity index (χ1n) is 11.7. The summed E-state index contributed by atoms with van der Waals surface area (Å²) in [6.07, 6.45) is -8.57. The molecule has 1 heterocycles. The molecule has 14 heteroatoms. The second-order valence-electron chi connectivity index (χ2n) is 8.77. The summed E-state index contributed by atoms with van der Waals surface area (Å²) in [5.74, 6) is -9.01. The van der Waals surface area contributed by atoms with E-state index in [0.29, 0.717) is 0 Å². The molecule has 0 bridgehead atoms. The lowest BCUT2D eigenvalue weighted by molar-refractivity contribution is -0.314. The van der Waals surface area contributed by atoms with Gasteiger partial charge in [-0.15, -0.1) is 0 Å². The maximum atomic E-state index is 14.1.